The molecule has 2 atom stereocenters. The molecule has 1 aromatic rings. The van der Waals surface area contributed by atoms with Crippen LogP contribution >= 0.6 is 15.9 Å². The molecular formula is C13H20BrN3O2. The standard InChI is InChI=1S/C13H20BrN3O2/c1-8(2)17-12(18)11(14)10(7-15-17)16-13(4)5-6-19-9(13)3/h7-9,16H,5-6H2,1-4H3. The van der Waals surface area contributed by atoms with E-state index in [4.69, 9.17) is 4.74 Å². The average Bonchev–Trinajstić information content (AvgIpc) is 2.65. The van der Waals surface area contributed by atoms with Crippen molar-refractivity contribution in [1.82, 2.24) is 9.78 Å². The summed E-state index contributed by atoms with van der Waals surface area (Å²) in [5.41, 5.74) is 0.442. The second-order valence-corrected chi connectivity index (χ2v) is 6.31. The summed E-state index contributed by atoms with van der Waals surface area (Å²) in [7, 11) is 0. The normalized spacial score (nSPS) is 26.9. The predicted octanol–water partition coefficient (Wildman–Crippen LogP) is 2.57. The van der Waals surface area contributed by atoms with E-state index in [1.807, 2.05) is 20.8 Å². The van der Waals surface area contributed by atoms with E-state index in [0.29, 0.717) is 4.47 Å². The van der Waals surface area contributed by atoms with Crippen molar-refractivity contribution >= 4 is 21.6 Å². The summed E-state index contributed by atoms with van der Waals surface area (Å²) >= 11 is 3.37. The second-order valence-electron chi connectivity index (χ2n) is 5.52. The lowest BCUT2D eigenvalue weighted by Crippen LogP contribution is -2.42. The highest BCUT2D eigenvalue weighted by Gasteiger charge is 2.37. The number of ether oxygens (including phenoxy) is 1. The third-order valence-electron chi connectivity index (χ3n) is 3.74. The second kappa shape index (κ2) is 5.25. The average molecular weight is 330 g/mol. The fourth-order valence-electron chi connectivity index (χ4n) is 2.21. The number of hydrogen-bond acceptors (Lipinski definition) is 4. The first-order valence-electron chi connectivity index (χ1n) is 6.52. The molecule has 2 unspecified atom stereocenters. The molecule has 1 aliphatic heterocycles. The van der Waals surface area contributed by atoms with Gasteiger partial charge in [0.05, 0.1) is 29.6 Å². The van der Waals surface area contributed by atoms with E-state index in [1.165, 1.54) is 4.68 Å². The topological polar surface area (TPSA) is 56.1 Å². The quantitative estimate of drug-likeness (QED) is 0.925. The molecule has 1 aromatic heterocycles. The number of halogens is 1. The Labute approximate surface area is 121 Å². The van der Waals surface area contributed by atoms with Crippen molar-refractivity contribution in [2.24, 2.45) is 0 Å². The van der Waals surface area contributed by atoms with Crippen LogP contribution in [0.1, 0.15) is 40.2 Å². The van der Waals surface area contributed by atoms with Gasteiger partial charge in [0.15, 0.2) is 0 Å². The van der Waals surface area contributed by atoms with Crippen LogP contribution in [0.3, 0.4) is 0 Å². The minimum Gasteiger partial charge on any atom is -0.376 e. The van der Waals surface area contributed by atoms with E-state index in [-0.39, 0.29) is 23.2 Å². The molecular weight excluding hydrogens is 310 g/mol. The first-order chi connectivity index (χ1) is 8.85. The van der Waals surface area contributed by atoms with Gasteiger partial charge < -0.3 is 10.1 Å². The number of nitrogens with one attached hydrogen (secondary N) is 1. The lowest BCUT2D eigenvalue weighted by Gasteiger charge is -2.30. The van der Waals surface area contributed by atoms with Gasteiger partial charge in [0.2, 0.25) is 0 Å². The fraction of sp³-hybridized carbons (Fsp3) is 0.692. The number of hydrogen-bond donors (Lipinski definition) is 1. The van der Waals surface area contributed by atoms with Gasteiger partial charge in [-0.2, -0.15) is 5.10 Å². The van der Waals surface area contributed by atoms with E-state index < -0.39 is 0 Å². The van der Waals surface area contributed by atoms with Crippen LogP contribution in [0.15, 0.2) is 15.5 Å². The Morgan fingerprint density at radius 1 is 1.63 bits per heavy atom. The SMILES string of the molecule is CC(C)n1ncc(NC2(C)CCOC2C)c(Br)c1=O. The molecule has 0 aliphatic carbocycles. The zero-order valence-corrected chi connectivity index (χ0v) is 13.3. The van der Waals surface area contributed by atoms with E-state index in [0.717, 1.165) is 18.7 Å². The first-order valence-corrected chi connectivity index (χ1v) is 7.31. The molecule has 19 heavy (non-hydrogen) atoms. The zero-order chi connectivity index (χ0) is 14.2. The van der Waals surface area contributed by atoms with Crippen molar-refractivity contribution in [3.8, 4) is 0 Å². The number of anilines is 1. The molecule has 6 heteroatoms. The smallest absolute Gasteiger partial charge is 0.283 e. The molecule has 5 nitrogen and oxygen atoms in total. The van der Waals surface area contributed by atoms with Crippen molar-refractivity contribution in [3.63, 3.8) is 0 Å². The lowest BCUT2D eigenvalue weighted by molar-refractivity contribution is 0.105. The molecule has 2 heterocycles. The summed E-state index contributed by atoms with van der Waals surface area (Å²) in [6.45, 7) is 8.74. The molecule has 2 rings (SSSR count). The van der Waals surface area contributed by atoms with Gasteiger partial charge in [0.25, 0.3) is 5.56 Å². The van der Waals surface area contributed by atoms with Gasteiger partial charge in [-0.25, -0.2) is 4.68 Å². The van der Waals surface area contributed by atoms with Crippen LogP contribution in [0.25, 0.3) is 0 Å². The summed E-state index contributed by atoms with van der Waals surface area (Å²) < 4.78 is 7.58. The van der Waals surface area contributed by atoms with E-state index in [2.05, 4.69) is 33.3 Å². The van der Waals surface area contributed by atoms with Gasteiger partial charge >= 0.3 is 0 Å². The number of aromatic nitrogens is 2. The summed E-state index contributed by atoms with van der Waals surface area (Å²) in [4.78, 5) is 12.2. The molecule has 1 N–H and O–H groups in total. The Balaban J connectivity index is 2.32. The van der Waals surface area contributed by atoms with Gasteiger partial charge in [-0.15, -0.1) is 0 Å². The summed E-state index contributed by atoms with van der Waals surface area (Å²) in [5, 5.41) is 7.60. The third-order valence-corrected chi connectivity index (χ3v) is 4.51. The molecule has 1 aliphatic rings. The molecule has 0 spiro atoms. The number of rotatable bonds is 3. The predicted molar refractivity (Wildman–Crippen MR) is 78.6 cm³/mol. The van der Waals surface area contributed by atoms with Gasteiger partial charge in [0.1, 0.15) is 4.47 Å². The van der Waals surface area contributed by atoms with Crippen molar-refractivity contribution < 1.29 is 4.74 Å². The van der Waals surface area contributed by atoms with Crippen LogP contribution in [0.5, 0.6) is 0 Å². The largest absolute Gasteiger partial charge is 0.376 e. The lowest BCUT2D eigenvalue weighted by atomic mass is 9.94. The molecule has 0 radical (unpaired) electrons. The van der Waals surface area contributed by atoms with Crippen LogP contribution in [0.2, 0.25) is 0 Å². The maximum atomic E-state index is 12.2. The first kappa shape index (κ1) is 14.5. The van der Waals surface area contributed by atoms with Crippen LogP contribution in [-0.2, 0) is 4.74 Å². The fourth-order valence-corrected chi connectivity index (χ4v) is 2.59. The number of nitrogens with zero attached hydrogens (tertiary/aromatic N) is 2. The van der Waals surface area contributed by atoms with Gasteiger partial charge in [-0.3, -0.25) is 4.79 Å². The minimum atomic E-state index is -0.166. The zero-order valence-electron chi connectivity index (χ0n) is 11.7. The molecule has 1 fully saturated rings. The van der Waals surface area contributed by atoms with Gasteiger partial charge in [0, 0.05) is 6.61 Å². The van der Waals surface area contributed by atoms with Gasteiger partial charge in [-0.05, 0) is 50.0 Å². The maximum Gasteiger partial charge on any atom is 0.283 e. The Morgan fingerprint density at radius 2 is 2.32 bits per heavy atom. The molecule has 0 saturated carbocycles. The summed E-state index contributed by atoms with van der Waals surface area (Å²) in [6.07, 6.45) is 2.71. The van der Waals surface area contributed by atoms with Crippen molar-refractivity contribution in [1.29, 1.82) is 0 Å². The summed E-state index contributed by atoms with van der Waals surface area (Å²) in [5.74, 6) is 0. The molecule has 0 amide bonds. The van der Waals surface area contributed by atoms with Crippen molar-refractivity contribution in [3.05, 3.63) is 21.0 Å². The van der Waals surface area contributed by atoms with Crippen LogP contribution in [0, 0.1) is 0 Å². The van der Waals surface area contributed by atoms with E-state index >= 15 is 0 Å². The minimum absolute atomic E-state index is 0.0437. The third kappa shape index (κ3) is 2.69. The highest BCUT2D eigenvalue weighted by molar-refractivity contribution is 9.10. The van der Waals surface area contributed by atoms with E-state index in [9.17, 15) is 4.79 Å². The Kier molecular flexibility index (Phi) is 4.01. The van der Waals surface area contributed by atoms with Crippen molar-refractivity contribution in [2.75, 3.05) is 11.9 Å². The monoisotopic (exact) mass is 329 g/mol. The molecule has 1 saturated heterocycles. The summed E-state index contributed by atoms with van der Waals surface area (Å²) in [6, 6.07) is 0.0437. The molecule has 106 valence electrons. The Hall–Kier alpha value is -0.880. The van der Waals surface area contributed by atoms with Crippen LogP contribution in [-0.4, -0.2) is 28.0 Å². The van der Waals surface area contributed by atoms with Gasteiger partial charge in [-0.1, -0.05) is 0 Å². The highest BCUT2D eigenvalue weighted by Crippen LogP contribution is 2.31. The van der Waals surface area contributed by atoms with Crippen LogP contribution < -0.4 is 10.9 Å². The highest BCUT2D eigenvalue weighted by atomic mass is 79.9. The molecule has 0 aromatic carbocycles. The molecule has 0 bridgehead atoms. The van der Waals surface area contributed by atoms with Crippen molar-refractivity contribution in [2.45, 2.75) is 51.8 Å². The maximum absolute atomic E-state index is 12.2. The van der Waals surface area contributed by atoms with Crippen LogP contribution in [0.4, 0.5) is 5.69 Å². The Morgan fingerprint density at radius 3 is 2.84 bits per heavy atom. The Bertz CT molecular complexity index is 529. The van der Waals surface area contributed by atoms with E-state index in [1.54, 1.807) is 6.20 Å².